The highest BCUT2D eigenvalue weighted by atomic mass is 35.5. The minimum atomic E-state index is -1.000. The minimum Gasteiger partial charge on any atom is -0.358 e. The number of nitrogens with zero attached hydrogens (tertiary/aromatic N) is 6. The van der Waals surface area contributed by atoms with Crippen molar-refractivity contribution >= 4 is 29.1 Å². The van der Waals surface area contributed by atoms with Gasteiger partial charge in [0.1, 0.15) is 5.10 Å². The zero-order valence-electron chi connectivity index (χ0n) is 9.09. The van der Waals surface area contributed by atoms with E-state index in [9.17, 15) is 30.3 Å². The number of rotatable bonds is 4. The van der Waals surface area contributed by atoms with E-state index in [1.54, 1.807) is 0 Å². The third kappa shape index (κ3) is 2.01. The van der Waals surface area contributed by atoms with Crippen molar-refractivity contribution in [2.24, 2.45) is 0 Å². The summed E-state index contributed by atoms with van der Waals surface area (Å²) in [5, 5.41) is 40.0. The first-order valence-electron chi connectivity index (χ1n) is 4.60. The Morgan fingerprint density at radius 2 is 1.70 bits per heavy atom. The third-order valence-corrected chi connectivity index (χ3v) is 2.38. The Morgan fingerprint density at radius 3 is 2.15 bits per heavy atom. The molecule has 0 aliphatic heterocycles. The molecule has 20 heavy (non-hydrogen) atoms. The summed E-state index contributed by atoms with van der Waals surface area (Å²) in [5.41, 5.74) is -0.657. The van der Waals surface area contributed by atoms with Crippen molar-refractivity contribution in [3.05, 3.63) is 41.6 Å². The molecule has 0 aliphatic rings. The van der Waals surface area contributed by atoms with Gasteiger partial charge in [-0.25, -0.2) is 0 Å². The highest BCUT2D eigenvalue weighted by Gasteiger charge is 2.37. The molecule has 2 rings (SSSR count). The molecule has 2 heterocycles. The molecule has 2 aromatic rings. The second-order valence-electron chi connectivity index (χ2n) is 3.26. The van der Waals surface area contributed by atoms with Gasteiger partial charge < -0.3 is 30.3 Å². The van der Waals surface area contributed by atoms with Crippen LogP contribution < -0.4 is 0 Å². The lowest BCUT2D eigenvalue weighted by molar-refractivity contribution is -0.394. The molecule has 0 aliphatic carbocycles. The van der Waals surface area contributed by atoms with E-state index in [1.165, 1.54) is 0 Å². The average molecular weight is 304 g/mol. The summed E-state index contributed by atoms with van der Waals surface area (Å²) < 4.78 is 0.556. The first-order valence-corrected chi connectivity index (χ1v) is 4.97. The number of aromatic amines is 1. The van der Waals surface area contributed by atoms with E-state index in [1.807, 2.05) is 5.10 Å². The number of hydrogen-bond acceptors (Lipinski definition) is 8. The van der Waals surface area contributed by atoms with E-state index in [0.29, 0.717) is 4.68 Å². The van der Waals surface area contributed by atoms with E-state index in [4.69, 9.17) is 11.6 Å². The van der Waals surface area contributed by atoms with Crippen LogP contribution in [0.4, 0.5) is 17.5 Å². The van der Waals surface area contributed by atoms with E-state index >= 15 is 0 Å². The number of aromatic nitrogens is 4. The number of H-pyrrole nitrogens is 1. The van der Waals surface area contributed by atoms with Gasteiger partial charge in [0.25, 0.3) is 5.69 Å². The first kappa shape index (κ1) is 13.3. The summed E-state index contributed by atoms with van der Waals surface area (Å²) >= 11 is 5.53. The Labute approximate surface area is 112 Å². The molecule has 0 atom stereocenters. The molecule has 0 unspecified atom stereocenters. The van der Waals surface area contributed by atoms with Crippen molar-refractivity contribution in [1.29, 1.82) is 0 Å². The molecule has 0 aromatic carbocycles. The van der Waals surface area contributed by atoms with Crippen LogP contribution in [-0.4, -0.2) is 34.7 Å². The first-order chi connectivity index (χ1) is 9.32. The molecular weight excluding hydrogens is 302 g/mol. The molecule has 0 fully saturated rings. The van der Waals surface area contributed by atoms with Gasteiger partial charge in [0.05, 0.1) is 11.3 Å². The third-order valence-electron chi connectivity index (χ3n) is 2.11. The Morgan fingerprint density at radius 1 is 1.10 bits per heavy atom. The zero-order valence-corrected chi connectivity index (χ0v) is 9.84. The summed E-state index contributed by atoms with van der Waals surface area (Å²) in [7, 11) is 0. The van der Waals surface area contributed by atoms with Crippen molar-refractivity contribution in [3.63, 3.8) is 0 Å². The van der Waals surface area contributed by atoms with Crippen LogP contribution in [0.3, 0.4) is 0 Å². The molecule has 104 valence electrons. The Balaban J connectivity index is 2.70. The van der Waals surface area contributed by atoms with Crippen molar-refractivity contribution < 1.29 is 14.8 Å². The van der Waals surface area contributed by atoms with Crippen LogP contribution in [0.1, 0.15) is 0 Å². The van der Waals surface area contributed by atoms with Crippen molar-refractivity contribution in [1.82, 2.24) is 20.0 Å². The lowest BCUT2D eigenvalue weighted by Gasteiger charge is -1.93. The van der Waals surface area contributed by atoms with E-state index in [0.717, 1.165) is 6.20 Å². The number of nitrogens with one attached hydrogen (secondary N) is 1. The molecule has 0 bridgehead atoms. The smallest absolute Gasteiger partial charge is 0.358 e. The van der Waals surface area contributed by atoms with Gasteiger partial charge in [-0.05, 0) is 19.9 Å². The normalized spacial score (nSPS) is 10.4. The molecule has 2 aromatic heterocycles. The molecule has 0 radical (unpaired) electrons. The molecule has 0 amide bonds. The maximum atomic E-state index is 10.8. The number of hydrogen-bond donors (Lipinski definition) is 1. The van der Waals surface area contributed by atoms with Crippen LogP contribution in [0.5, 0.6) is 0 Å². The largest absolute Gasteiger partial charge is 0.448 e. The van der Waals surface area contributed by atoms with Gasteiger partial charge in [-0.1, -0.05) is 11.6 Å². The standard InChI is InChI=1S/C6H2ClN7O6/c7-2-1-11(10-4(2)12(15)16)3-5(13(17)18)8-9-6(3)14(19)20/h1H,(H,8,9). The van der Waals surface area contributed by atoms with Gasteiger partial charge in [-0.2, -0.15) is 0 Å². The van der Waals surface area contributed by atoms with Crippen LogP contribution in [0, 0.1) is 30.3 Å². The molecule has 0 spiro atoms. The maximum absolute atomic E-state index is 10.8. The van der Waals surface area contributed by atoms with Gasteiger partial charge in [-0.3, -0.25) is 0 Å². The fraction of sp³-hybridized carbons (Fsp3) is 0. The predicted molar refractivity (Wildman–Crippen MR) is 60.7 cm³/mol. The fourth-order valence-electron chi connectivity index (χ4n) is 1.37. The SMILES string of the molecule is O=[N+]([O-])c1nn(-c2c([N+](=O)[O-])n[nH]c2[N+](=O)[O-])cc1Cl. The van der Waals surface area contributed by atoms with Gasteiger partial charge in [0.15, 0.2) is 5.02 Å². The lowest BCUT2D eigenvalue weighted by Crippen LogP contribution is -2.02. The second-order valence-corrected chi connectivity index (χ2v) is 3.67. The van der Waals surface area contributed by atoms with Crippen LogP contribution >= 0.6 is 11.6 Å². The van der Waals surface area contributed by atoms with Crippen LogP contribution in [-0.2, 0) is 0 Å². The topological polar surface area (TPSA) is 176 Å². The summed E-state index contributed by atoms with van der Waals surface area (Å²) in [6, 6.07) is 0. The highest BCUT2D eigenvalue weighted by molar-refractivity contribution is 6.32. The zero-order chi connectivity index (χ0) is 15.0. The predicted octanol–water partition coefficient (Wildman–Crippen LogP) is 0.973. The molecule has 0 saturated carbocycles. The fourth-order valence-corrected chi connectivity index (χ4v) is 1.56. The molecule has 13 nitrogen and oxygen atoms in total. The minimum absolute atomic E-state index is 0.431. The summed E-state index contributed by atoms with van der Waals surface area (Å²) in [6.07, 6.45) is 0.838. The van der Waals surface area contributed by atoms with E-state index < -0.39 is 42.9 Å². The molecule has 14 heteroatoms. The monoisotopic (exact) mass is 303 g/mol. The average Bonchev–Trinajstić information content (AvgIpc) is 2.91. The number of halogens is 1. The highest BCUT2D eigenvalue weighted by Crippen LogP contribution is 2.32. The van der Waals surface area contributed by atoms with Crippen molar-refractivity contribution in [2.45, 2.75) is 0 Å². The van der Waals surface area contributed by atoms with Crippen LogP contribution in [0.25, 0.3) is 5.69 Å². The van der Waals surface area contributed by atoms with Gasteiger partial charge in [0, 0.05) is 0 Å². The Bertz CT molecular complexity index is 703. The summed E-state index contributed by atoms with van der Waals surface area (Å²) in [4.78, 5) is 29.2. The van der Waals surface area contributed by atoms with Gasteiger partial charge in [-0.15, -0.1) is 4.68 Å². The van der Waals surface area contributed by atoms with Crippen molar-refractivity contribution in [3.8, 4) is 5.69 Å². The maximum Gasteiger partial charge on any atom is 0.448 e. The Hall–Kier alpha value is -3.09. The molecular formula is C6H2ClN7O6. The second kappa shape index (κ2) is 4.54. The summed E-state index contributed by atoms with van der Waals surface area (Å²) in [6.45, 7) is 0. The molecule has 0 saturated heterocycles. The van der Waals surface area contributed by atoms with E-state index in [2.05, 4.69) is 10.2 Å². The van der Waals surface area contributed by atoms with Crippen LogP contribution in [0.15, 0.2) is 6.20 Å². The lowest BCUT2D eigenvalue weighted by atomic mass is 10.4. The Kier molecular flexibility index (Phi) is 3.03. The van der Waals surface area contributed by atoms with Crippen molar-refractivity contribution in [2.75, 3.05) is 0 Å². The number of nitro groups is 3. The van der Waals surface area contributed by atoms with Crippen LogP contribution in [0.2, 0.25) is 5.02 Å². The van der Waals surface area contributed by atoms with Gasteiger partial charge in [0.2, 0.25) is 0 Å². The van der Waals surface area contributed by atoms with E-state index in [-0.39, 0.29) is 0 Å². The molecule has 1 N–H and O–H groups in total. The quantitative estimate of drug-likeness (QED) is 0.641. The summed E-state index contributed by atoms with van der Waals surface area (Å²) in [5.74, 6) is -2.55. The van der Waals surface area contributed by atoms with Gasteiger partial charge >= 0.3 is 17.5 Å².